The number of hydrogen-bond donors (Lipinski definition) is 0. The van der Waals surface area contributed by atoms with Crippen molar-refractivity contribution in [3.05, 3.63) is 23.5 Å². The molecular weight excluding hydrogens is 258 g/mol. The molecule has 1 heterocycles. The van der Waals surface area contributed by atoms with E-state index in [0.717, 1.165) is 0 Å². The number of aryl methyl sites for hydroxylation is 1. The predicted octanol–water partition coefficient (Wildman–Crippen LogP) is 2.83. The van der Waals surface area contributed by atoms with Gasteiger partial charge in [0.25, 0.3) is 0 Å². The molecule has 1 aliphatic rings. The van der Waals surface area contributed by atoms with Crippen molar-refractivity contribution in [2.75, 3.05) is 6.61 Å². The molecule has 1 fully saturated rings. The number of ether oxygens (including phenoxy) is 1. The normalized spacial score (nSPS) is 20.2. The summed E-state index contributed by atoms with van der Waals surface area (Å²) in [5.74, 6) is 0.336. The molecule has 0 saturated carbocycles. The molecule has 0 atom stereocenters. The summed E-state index contributed by atoms with van der Waals surface area (Å²) < 4.78 is 31.6. The largest absolute Gasteiger partial charge is 0.498 e. The van der Waals surface area contributed by atoms with Crippen molar-refractivity contribution < 1.29 is 18.4 Å². The van der Waals surface area contributed by atoms with Crippen LogP contribution in [0.3, 0.4) is 0 Å². The topological polar surface area (TPSA) is 27.7 Å². The molecule has 0 N–H and O–H groups in total. The zero-order valence-electron chi connectivity index (χ0n) is 13.0. The van der Waals surface area contributed by atoms with Gasteiger partial charge in [-0.1, -0.05) is 0 Å². The van der Waals surface area contributed by atoms with Crippen LogP contribution < -0.4 is 10.2 Å². The SMILES string of the molecule is CCOc1cc(C)c(F)c(B2OC(C)(C)C(C)(C)O2)c1. The van der Waals surface area contributed by atoms with Crippen LogP contribution in [0.15, 0.2) is 12.1 Å². The van der Waals surface area contributed by atoms with Crippen molar-refractivity contribution in [1.29, 1.82) is 0 Å². The lowest BCUT2D eigenvalue weighted by molar-refractivity contribution is 0.00578. The molecule has 20 heavy (non-hydrogen) atoms. The summed E-state index contributed by atoms with van der Waals surface area (Å²) in [4.78, 5) is 0. The first kappa shape index (κ1) is 15.3. The van der Waals surface area contributed by atoms with Crippen LogP contribution in [-0.4, -0.2) is 24.9 Å². The van der Waals surface area contributed by atoms with Crippen molar-refractivity contribution in [1.82, 2.24) is 0 Å². The van der Waals surface area contributed by atoms with Gasteiger partial charge in [0.1, 0.15) is 11.6 Å². The summed E-state index contributed by atoms with van der Waals surface area (Å²) in [6.07, 6.45) is 0. The summed E-state index contributed by atoms with van der Waals surface area (Å²) >= 11 is 0. The molecule has 0 spiro atoms. The Morgan fingerprint density at radius 1 is 1.15 bits per heavy atom. The van der Waals surface area contributed by atoms with Gasteiger partial charge in [0.05, 0.1) is 17.8 Å². The van der Waals surface area contributed by atoms with Crippen LogP contribution >= 0.6 is 0 Å². The van der Waals surface area contributed by atoms with E-state index in [0.29, 0.717) is 23.4 Å². The van der Waals surface area contributed by atoms with E-state index >= 15 is 0 Å². The van der Waals surface area contributed by atoms with Gasteiger partial charge in [-0.25, -0.2) is 4.39 Å². The molecule has 1 aromatic rings. The maximum absolute atomic E-state index is 14.4. The number of halogens is 1. The van der Waals surface area contributed by atoms with Gasteiger partial charge in [-0.15, -0.1) is 0 Å². The number of benzene rings is 1. The van der Waals surface area contributed by atoms with Gasteiger partial charge in [-0.3, -0.25) is 0 Å². The molecule has 3 nitrogen and oxygen atoms in total. The Labute approximate surface area is 120 Å². The molecule has 1 aromatic carbocycles. The zero-order chi connectivity index (χ0) is 15.1. The third-order valence-corrected chi connectivity index (χ3v) is 4.07. The van der Waals surface area contributed by atoms with E-state index in [1.54, 1.807) is 19.1 Å². The minimum absolute atomic E-state index is 0.299. The summed E-state index contributed by atoms with van der Waals surface area (Å²) in [7, 11) is -0.709. The Morgan fingerprint density at radius 3 is 2.20 bits per heavy atom. The third-order valence-electron chi connectivity index (χ3n) is 4.07. The van der Waals surface area contributed by atoms with Gasteiger partial charge in [0.15, 0.2) is 0 Å². The first-order valence-corrected chi connectivity index (χ1v) is 6.96. The highest BCUT2D eigenvalue weighted by atomic mass is 19.1. The van der Waals surface area contributed by atoms with Crippen LogP contribution in [-0.2, 0) is 9.31 Å². The summed E-state index contributed by atoms with van der Waals surface area (Å²) in [6.45, 7) is 11.9. The Balaban J connectivity index is 2.39. The van der Waals surface area contributed by atoms with Crippen LogP contribution in [0.4, 0.5) is 4.39 Å². The standard InChI is InChI=1S/C15H22BFO3/c1-7-18-11-8-10(2)13(17)12(9-11)16-19-14(3,4)15(5,6)20-16/h8-9H,7H2,1-6H3. The minimum atomic E-state index is -0.709. The fourth-order valence-electron chi connectivity index (χ4n) is 2.15. The lowest BCUT2D eigenvalue weighted by Crippen LogP contribution is -2.41. The van der Waals surface area contributed by atoms with Crippen LogP contribution in [0.2, 0.25) is 0 Å². The Hall–Kier alpha value is -1.07. The van der Waals surface area contributed by atoms with Crippen molar-refractivity contribution in [2.45, 2.75) is 52.7 Å². The summed E-state index contributed by atoms with van der Waals surface area (Å²) in [5, 5.41) is 0. The highest BCUT2D eigenvalue weighted by molar-refractivity contribution is 6.62. The van der Waals surface area contributed by atoms with Crippen molar-refractivity contribution in [2.24, 2.45) is 0 Å². The molecule has 0 bridgehead atoms. The average molecular weight is 280 g/mol. The highest BCUT2D eigenvalue weighted by Crippen LogP contribution is 2.37. The smallest absolute Gasteiger partial charge is 0.494 e. The maximum atomic E-state index is 14.4. The van der Waals surface area contributed by atoms with Gasteiger partial charge in [-0.05, 0) is 59.2 Å². The highest BCUT2D eigenvalue weighted by Gasteiger charge is 2.52. The number of hydrogen-bond acceptors (Lipinski definition) is 3. The molecule has 1 saturated heterocycles. The van der Waals surface area contributed by atoms with Crippen molar-refractivity contribution >= 4 is 12.6 Å². The zero-order valence-corrected chi connectivity index (χ0v) is 13.0. The lowest BCUT2D eigenvalue weighted by Gasteiger charge is -2.32. The third kappa shape index (κ3) is 2.57. The molecule has 2 rings (SSSR count). The van der Waals surface area contributed by atoms with E-state index in [4.69, 9.17) is 14.0 Å². The summed E-state index contributed by atoms with van der Waals surface area (Å²) in [5.41, 5.74) is -0.0491. The van der Waals surface area contributed by atoms with Crippen LogP contribution in [0.25, 0.3) is 0 Å². The maximum Gasteiger partial charge on any atom is 0.498 e. The molecular formula is C15H22BFO3. The van der Waals surface area contributed by atoms with Crippen molar-refractivity contribution in [3.63, 3.8) is 0 Å². The van der Waals surface area contributed by atoms with E-state index in [1.807, 2.05) is 34.6 Å². The molecule has 0 amide bonds. The van der Waals surface area contributed by atoms with Gasteiger partial charge in [0, 0.05) is 5.46 Å². The second-order valence-electron chi connectivity index (χ2n) is 6.16. The van der Waals surface area contributed by atoms with Gasteiger partial charge < -0.3 is 14.0 Å². The Kier molecular flexibility index (Phi) is 3.86. The Morgan fingerprint density at radius 2 is 1.70 bits per heavy atom. The van der Waals surface area contributed by atoms with Crippen molar-refractivity contribution in [3.8, 4) is 5.75 Å². The van der Waals surface area contributed by atoms with E-state index in [-0.39, 0.29) is 5.82 Å². The fraction of sp³-hybridized carbons (Fsp3) is 0.600. The first-order chi connectivity index (χ1) is 9.18. The molecule has 110 valence electrons. The first-order valence-electron chi connectivity index (χ1n) is 6.96. The van der Waals surface area contributed by atoms with Gasteiger partial charge in [0.2, 0.25) is 0 Å². The molecule has 1 aliphatic heterocycles. The predicted molar refractivity (Wildman–Crippen MR) is 78.0 cm³/mol. The molecule has 0 radical (unpaired) electrons. The van der Waals surface area contributed by atoms with E-state index in [2.05, 4.69) is 0 Å². The minimum Gasteiger partial charge on any atom is -0.494 e. The molecule has 0 aromatic heterocycles. The van der Waals surface area contributed by atoms with Gasteiger partial charge >= 0.3 is 7.12 Å². The number of rotatable bonds is 3. The second-order valence-corrected chi connectivity index (χ2v) is 6.16. The molecule has 5 heteroatoms. The second kappa shape index (κ2) is 5.04. The van der Waals surface area contributed by atoms with E-state index in [9.17, 15) is 4.39 Å². The lowest BCUT2D eigenvalue weighted by atomic mass is 9.77. The monoisotopic (exact) mass is 280 g/mol. The van der Waals surface area contributed by atoms with E-state index in [1.165, 1.54) is 0 Å². The quantitative estimate of drug-likeness (QED) is 0.797. The van der Waals surface area contributed by atoms with Crippen LogP contribution in [0.5, 0.6) is 5.75 Å². The fourth-order valence-corrected chi connectivity index (χ4v) is 2.15. The Bertz CT molecular complexity index is 498. The van der Waals surface area contributed by atoms with Gasteiger partial charge in [-0.2, -0.15) is 0 Å². The van der Waals surface area contributed by atoms with Crippen LogP contribution in [0.1, 0.15) is 40.2 Å². The average Bonchev–Trinajstić information content (AvgIpc) is 2.53. The molecule has 0 aliphatic carbocycles. The van der Waals surface area contributed by atoms with E-state index < -0.39 is 18.3 Å². The van der Waals surface area contributed by atoms with Crippen LogP contribution in [0, 0.1) is 12.7 Å². The summed E-state index contributed by atoms with van der Waals surface area (Å²) in [6, 6.07) is 3.35. The molecule has 0 unspecified atom stereocenters.